The Hall–Kier alpha value is -2.48. The van der Waals surface area contributed by atoms with E-state index in [0.717, 1.165) is 12.8 Å². The van der Waals surface area contributed by atoms with E-state index in [9.17, 15) is 14.9 Å². The summed E-state index contributed by atoms with van der Waals surface area (Å²) < 4.78 is 5.61. The summed E-state index contributed by atoms with van der Waals surface area (Å²) in [5.41, 5.74) is 0.530. The van der Waals surface area contributed by atoms with Crippen LogP contribution in [-0.4, -0.2) is 40.7 Å². The summed E-state index contributed by atoms with van der Waals surface area (Å²) in [6.45, 7) is 4.00. The average molecular weight is 318 g/mol. The molecule has 8 heteroatoms. The lowest BCUT2D eigenvalue weighted by molar-refractivity contribution is -0.384. The highest BCUT2D eigenvalue weighted by Gasteiger charge is 2.26. The Balaban J connectivity index is 1.98. The van der Waals surface area contributed by atoms with Gasteiger partial charge in [0.2, 0.25) is 0 Å². The van der Waals surface area contributed by atoms with Crippen LogP contribution in [0, 0.1) is 10.1 Å². The third-order valence-corrected chi connectivity index (χ3v) is 4.12. The minimum Gasteiger partial charge on any atom is -0.378 e. The highest BCUT2D eigenvalue weighted by molar-refractivity contribution is 5.87. The van der Waals surface area contributed by atoms with Crippen LogP contribution in [0.5, 0.6) is 0 Å². The van der Waals surface area contributed by atoms with E-state index in [4.69, 9.17) is 4.74 Å². The third-order valence-electron chi connectivity index (χ3n) is 4.12. The quantitative estimate of drug-likeness (QED) is 0.682. The fraction of sp³-hybridized carbons (Fsp3) is 0.467. The predicted molar refractivity (Wildman–Crippen MR) is 85.9 cm³/mol. The van der Waals surface area contributed by atoms with Crippen molar-refractivity contribution in [3.8, 4) is 0 Å². The van der Waals surface area contributed by atoms with Gasteiger partial charge < -0.3 is 14.6 Å². The molecule has 0 radical (unpaired) electrons. The maximum absolute atomic E-state index is 11.8. The molecule has 2 heterocycles. The van der Waals surface area contributed by atoms with Crippen LogP contribution < -0.4 is 10.5 Å². The van der Waals surface area contributed by atoms with Crippen LogP contribution in [-0.2, 0) is 4.74 Å². The number of benzene rings is 1. The van der Waals surface area contributed by atoms with Crippen LogP contribution in [0.15, 0.2) is 23.3 Å². The van der Waals surface area contributed by atoms with Gasteiger partial charge in [-0.25, -0.2) is 4.98 Å². The molecule has 1 aliphatic rings. The number of aromatic nitrogens is 2. The molecule has 8 nitrogen and oxygen atoms in total. The molecule has 0 aliphatic carbocycles. The molecule has 122 valence electrons. The molecule has 1 aromatic carbocycles. The molecular formula is C15H18N4O4. The van der Waals surface area contributed by atoms with Gasteiger partial charge in [0.25, 0.3) is 11.2 Å². The standard InChI is InChI=1S/C15H18N4O4/c1-2-23-10-3-5-18(6-4-10)13-8-12-11(7-14(13)19(21)22)15(20)17-9-16-12/h7-10H,2-6H2,1H3,(H,16,17,20). The second-order valence-corrected chi connectivity index (χ2v) is 5.49. The number of nitrogens with zero attached hydrogens (tertiary/aromatic N) is 3. The third kappa shape index (κ3) is 3.02. The van der Waals surface area contributed by atoms with Crippen molar-refractivity contribution >= 4 is 22.3 Å². The van der Waals surface area contributed by atoms with Crippen LogP contribution in [0.2, 0.25) is 0 Å². The Morgan fingerprint density at radius 3 is 2.83 bits per heavy atom. The van der Waals surface area contributed by atoms with Crippen molar-refractivity contribution in [1.82, 2.24) is 9.97 Å². The topological polar surface area (TPSA) is 101 Å². The highest BCUT2D eigenvalue weighted by Crippen LogP contribution is 2.33. The van der Waals surface area contributed by atoms with Crippen molar-refractivity contribution in [2.24, 2.45) is 0 Å². The average Bonchev–Trinajstić information content (AvgIpc) is 2.55. The van der Waals surface area contributed by atoms with Gasteiger partial charge in [0.1, 0.15) is 5.69 Å². The second-order valence-electron chi connectivity index (χ2n) is 5.49. The minimum absolute atomic E-state index is 0.0640. The SMILES string of the molecule is CCOC1CCN(c2cc3nc[nH]c(=O)c3cc2[N+](=O)[O-])CC1. The van der Waals surface area contributed by atoms with Crippen molar-refractivity contribution < 1.29 is 9.66 Å². The largest absolute Gasteiger partial charge is 0.378 e. The molecule has 1 aromatic heterocycles. The monoisotopic (exact) mass is 318 g/mol. The van der Waals surface area contributed by atoms with Gasteiger partial charge in [-0.15, -0.1) is 0 Å². The lowest BCUT2D eigenvalue weighted by atomic mass is 10.1. The molecule has 1 N–H and O–H groups in total. The lowest BCUT2D eigenvalue weighted by Gasteiger charge is -2.33. The van der Waals surface area contributed by atoms with Crippen molar-refractivity contribution in [2.75, 3.05) is 24.6 Å². The Labute approximate surface area is 132 Å². The van der Waals surface area contributed by atoms with E-state index >= 15 is 0 Å². The second kappa shape index (κ2) is 6.33. The Kier molecular flexibility index (Phi) is 4.24. The first kappa shape index (κ1) is 15.4. The Morgan fingerprint density at radius 2 is 2.17 bits per heavy atom. The molecule has 0 unspecified atom stereocenters. The van der Waals surface area contributed by atoms with Gasteiger partial charge in [0.05, 0.1) is 28.3 Å². The van der Waals surface area contributed by atoms with Gasteiger partial charge in [-0.3, -0.25) is 14.9 Å². The number of piperidine rings is 1. The van der Waals surface area contributed by atoms with E-state index < -0.39 is 4.92 Å². The summed E-state index contributed by atoms with van der Waals surface area (Å²) in [6, 6.07) is 2.94. The van der Waals surface area contributed by atoms with E-state index in [2.05, 4.69) is 9.97 Å². The van der Waals surface area contributed by atoms with Crippen molar-refractivity contribution in [1.29, 1.82) is 0 Å². The zero-order chi connectivity index (χ0) is 16.4. The van der Waals surface area contributed by atoms with E-state index in [1.165, 1.54) is 12.4 Å². The number of aromatic amines is 1. The number of anilines is 1. The molecule has 1 aliphatic heterocycles. The molecule has 1 fully saturated rings. The summed E-state index contributed by atoms with van der Waals surface area (Å²) in [5, 5.41) is 11.6. The molecule has 23 heavy (non-hydrogen) atoms. The number of nitro groups is 1. The number of rotatable bonds is 4. The predicted octanol–water partition coefficient (Wildman–Crippen LogP) is 1.84. The number of hydrogen-bond acceptors (Lipinski definition) is 6. The number of nitro benzene ring substituents is 1. The van der Waals surface area contributed by atoms with Gasteiger partial charge in [-0.05, 0) is 25.8 Å². The summed E-state index contributed by atoms with van der Waals surface area (Å²) >= 11 is 0. The van der Waals surface area contributed by atoms with Crippen LogP contribution in [0.25, 0.3) is 10.9 Å². The van der Waals surface area contributed by atoms with E-state index in [1.807, 2.05) is 11.8 Å². The first-order valence-electron chi connectivity index (χ1n) is 7.62. The number of nitrogens with one attached hydrogen (secondary N) is 1. The smallest absolute Gasteiger partial charge is 0.293 e. The fourth-order valence-corrected chi connectivity index (χ4v) is 2.99. The summed E-state index contributed by atoms with van der Waals surface area (Å²) in [5.74, 6) is 0. The number of ether oxygens (including phenoxy) is 1. The zero-order valence-electron chi connectivity index (χ0n) is 12.8. The zero-order valence-corrected chi connectivity index (χ0v) is 12.8. The molecule has 1 saturated heterocycles. The number of H-pyrrole nitrogens is 1. The van der Waals surface area contributed by atoms with Crippen LogP contribution in [0.3, 0.4) is 0 Å². The van der Waals surface area contributed by atoms with Crippen LogP contribution in [0.4, 0.5) is 11.4 Å². The van der Waals surface area contributed by atoms with E-state index in [1.54, 1.807) is 6.07 Å². The molecule has 0 spiro atoms. The maximum atomic E-state index is 11.8. The van der Waals surface area contributed by atoms with Gasteiger partial charge in [-0.1, -0.05) is 0 Å². The van der Waals surface area contributed by atoms with E-state index in [-0.39, 0.29) is 22.7 Å². The molecular weight excluding hydrogens is 300 g/mol. The maximum Gasteiger partial charge on any atom is 0.293 e. The minimum atomic E-state index is -0.449. The van der Waals surface area contributed by atoms with Gasteiger partial charge in [0.15, 0.2) is 0 Å². The van der Waals surface area contributed by atoms with Gasteiger partial charge in [-0.2, -0.15) is 0 Å². The molecule has 0 atom stereocenters. The summed E-state index contributed by atoms with van der Waals surface area (Å²) in [4.78, 5) is 31.3. The Morgan fingerprint density at radius 1 is 1.43 bits per heavy atom. The van der Waals surface area contributed by atoms with Crippen molar-refractivity contribution in [3.63, 3.8) is 0 Å². The van der Waals surface area contributed by atoms with E-state index in [0.29, 0.717) is 30.9 Å². The first-order valence-corrected chi connectivity index (χ1v) is 7.62. The molecule has 0 amide bonds. The first-order chi connectivity index (χ1) is 11.1. The molecule has 0 bridgehead atoms. The molecule has 3 rings (SSSR count). The molecule has 2 aromatic rings. The number of hydrogen-bond donors (Lipinski definition) is 1. The normalized spacial score (nSPS) is 16.0. The van der Waals surface area contributed by atoms with Crippen molar-refractivity contribution in [2.45, 2.75) is 25.9 Å². The lowest BCUT2D eigenvalue weighted by Crippen LogP contribution is -2.37. The summed E-state index contributed by atoms with van der Waals surface area (Å²) in [7, 11) is 0. The number of fused-ring (bicyclic) bond motifs is 1. The van der Waals surface area contributed by atoms with Crippen LogP contribution in [0.1, 0.15) is 19.8 Å². The fourth-order valence-electron chi connectivity index (χ4n) is 2.99. The van der Waals surface area contributed by atoms with Gasteiger partial charge >= 0.3 is 0 Å². The summed E-state index contributed by atoms with van der Waals surface area (Å²) in [6.07, 6.45) is 3.16. The van der Waals surface area contributed by atoms with Gasteiger partial charge in [0, 0.05) is 25.8 Å². The highest BCUT2D eigenvalue weighted by atomic mass is 16.6. The molecule has 0 saturated carbocycles. The van der Waals surface area contributed by atoms with Crippen molar-refractivity contribution in [3.05, 3.63) is 38.9 Å². The Bertz CT molecular complexity index is 781. The van der Waals surface area contributed by atoms with Crippen LogP contribution >= 0.6 is 0 Å².